The summed E-state index contributed by atoms with van der Waals surface area (Å²) >= 11 is 6.28. The number of para-hydroxylation sites is 1. The number of ether oxygens (including phenoxy) is 2. The first-order valence-corrected chi connectivity index (χ1v) is 11.9. The zero-order valence-corrected chi connectivity index (χ0v) is 18.9. The zero-order chi connectivity index (χ0) is 23.4. The molecule has 1 aliphatic heterocycles. The van der Waals surface area contributed by atoms with E-state index in [-0.39, 0.29) is 22.7 Å². The van der Waals surface area contributed by atoms with Crippen LogP contribution in [-0.4, -0.2) is 27.5 Å². The lowest BCUT2D eigenvalue weighted by molar-refractivity contribution is 0.0950. The molecule has 0 aliphatic carbocycles. The fourth-order valence-electron chi connectivity index (χ4n) is 3.20. The largest absolute Gasteiger partial charge is 0.489 e. The van der Waals surface area contributed by atoms with Crippen molar-refractivity contribution in [3.8, 4) is 11.5 Å². The molecule has 0 unspecified atom stereocenters. The van der Waals surface area contributed by atoms with Gasteiger partial charge in [0, 0.05) is 18.5 Å². The van der Waals surface area contributed by atoms with Crippen molar-refractivity contribution < 1.29 is 27.1 Å². The highest BCUT2D eigenvalue weighted by atomic mass is 35.5. The van der Waals surface area contributed by atoms with Gasteiger partial charge in [0.25, 0.3) is 15.9 Å². The van der Waals surface area contributed by atoms with Gasteiger partial charge in [-0.2, -0.15) is 0 Å². The van der Waals surface area contributed by atoms with E-state index in [0.29, 0.717) is 29.7 Å². The Morgan fingerprint density at radius 1 is 1.03 bits per heavy atom. The number of hydrogen-bond acceptors (Lipinski definition) is 5. The summed E-state index contributed by atoms with van der Waals surface area (Å²) in [4.78, 5) is 12.4. The topological polar surface area (TPSA) is 93.7 Å². The molecule has 0 aromatic heterocycles. The zero-order valence-electron chi connectivity index (χ0n) is 17.3. The number of nitrogens with one attached hydrogen (secondary N) is 2. The molecule has 0 radical (unpaired) electrons. The van der Waals surface area contributed by atoms with Crippen LogP contribution in [0.1, 0.15) is 22.3 Å². The molecule has 1 aliphatic rings. The molecular weight excluding hydrogens is 471 g/mol. The quantitative estimate of drug-likeness (QED) is 0.535. The first kappa shape index (κ1) is 22.9. The van der Waals surface area contributed by atoms with Gasteiger partial charge in [0.15, 0.2) is 11.5 Å². The van der Waals surface area contributed by atoms with E-state index in [1.807, 2.05) is 0 Å². The highest BCUT2D eigenvalue weighted by molar-refractivity contribution is 7.92. The summed E-state index contributed by atoms with van der Waals surface area (Å²) in [5, 5.41) is 3.16. The Bertz CT molecular complexity index is 1280. The van der Waals surface area contributed by atoms with Gasteiger partial charge in [-0.15, -0.1) is 0 Å². The van der Waals surface area contributed by atoms with E-state index in [9.17, 15) is 17.6 Å². The lowest BCUT2D eigenvalue weighted by Gasteiger charge is -2.12. The maximum absolute atomic E-state index is 13.8. The summed E-state index contributed by atoms with van der Waals surface area (Å²) in [6, 6.07) is 14.2. The average Bonchev–Trinajstić information content (AvgIpc) is 3.05. The monoisotopic (exact) mass is 490 g/mol. The number of amides is 1. The Morgan fingerprint density at radius 3 is 2.52 bits per heavy atom. The SMILES string of the molecule is O=C(NCc1cc(Cl)c2c(c1)OCCCO2)c1ccc(S(=O)(=O)Nc2ccccc2F)cc1. The molecule has 3 aromatic carbocycles. The molecule has 4 rings (SSSR count). The van der Waals surface area contributed by atoms with Gasteiger partial charge in [0.2, 0.25) is 0 Å². The van der Waals surface area contributed by atoms with Crippen LogP contribution >= 0.6 is 11.6 Å². The molecule has 0 fully saturated rings. The van der Waals surface area contributed by atoms with Crippen LogP contribution in [0.5, 0.6) is 11.5 Å². The summed E-state index contributed by atoms with van der Waals surface area (Å²) in [5.74, 6) is -0.0672. The Hall–Kier alpha value is -3.30. The van der Waals surface area contributed by atoms with Crippen molar-refractivity contribution in [2.75, 3.05) is 17.9 Å². The first-order valence-electron chi connectivity index (χ1n) is 10.1. The smallest absolute Gasteiger partial charge is 0.261 e. The van der Waals surface area contributed by atoms with Crippen molar-refractivity contribution in [1.29, 1.82) is 0 Å². The molecule has 0 bridgehead atoms. The van der Waals surface area contributed by atoms with Crippen LogP contribution in [0, 0.1) is 5.82 Å². The Kier molecular flexibility index (Phi) is 6.71. The Morgan fingerprint density at radius 2 is 1.76 bits per heavy atom. The van der Waals surface area contributed by atoms with Crippen LogP contribution in [0.25, 0.3) is 0 Å². The second-order valence-corrected chi connectivity index (χ2v) is 9.34. The molecule has 33 heavy (non-hydrogen) atoms. The van der Waals surface area contributed by atoms with Crippen molar-refractivity contribution in [2.45, 2.75) is 17.9 Å². The lowest BCUT2D eigenvalue weighted by Crippen LogP contribution is -2.23. The number of benzene rings is 3. The van der Waals surface area contributed by atoms with Crippen LogP contribution in [0.3, 0.4) is 0 Å². The molecule has 0 spiro atoms. The van der Waals surface area contributed by atoms with Gasteiger partial charge in [-0.05, 0) is 54.1 Å². The van der Waals surface area contributed by atoms with E-state index in [2.05, 4.69) is 10.0 Å². The molecule has 3 aromatic rings. The predicted molar refractivity (Wildman–Crippen MR) is 122 cm³/mol. The van der Waals surface area contributed by atoms with Crippen LogP contribution < -0.4 is 19.5 Å². The number of carbonyl (C=O) groups is 1. The third-order valence-corrected chi connectivity index (χ3v) is 6.52. The highest BCUT2D eigenvalue weighted by Gasteiger charge is 2.18. The van der Waals surface area contributed by atoms with Crippen molar-refractivity contribution in [2.24, 2.45) is 0 Å². The molecule has 2 N–H and O–H groups in total. The number of sulfonamides is 1. The number of rotatable bonds is 6. The highest BCUT2D eigenvalue weighted by Crippen LogP contribution is 2.38. The second kappa shape index (κ2) is 9.68. The number of anilines is 1. The van der Waals surface area contributed by atoms with Crippen LogP contribution in [0.4, 0.5) is 10.1 Å². The minimum absolute atomic E-state index is 0.100. The molecular formula is C23H20ClFN2O5S. The Balaban J connectivity index is 1.42. The van der Waals surface area contributed by atoms with Gasteiger partial charge in [-0.1, -0.05) is 23.7 Å². The van der Waals surface area contributed by atoms with Gasteiger partial charge < -0.3 is 14.8 Å². The number of fused-ring (bicyclic) bond motifs is 1. The van der Waals surface area contributed by atoms with Crippen molar-refractivity contribution in [1.82, 2.24) is 5.32 Å². The molecule has 10 heteroatoms. The number of halogens is 2. The summed E-state index contributed by atoms with van der Waals surface area (Å²) in [6.45, 7) is 1.22. The van der Waals surface area contributed by atoms with Gasteiger partial charge in [0.1, 0.15) is 5.82 Å². The standard InChI is InChI=1S/C23H20ClFN2O5S/c24-18-12-15(13-21-22(18)32-11-3-10-31-21)14-26-23(28)16-6-8-17(9-7-16)33(29,30)27-20-5-2-1-4-19(20)25/h1-2,4-9,12-13,27H,3,10-11,14H2,(H,26,28). The van der Waals surface area contributed by atoms with Gasteiger partial charge >= 0.3 is 0 Å². The minimum atomic E-state index is -4.01. The van der Waals surface area contributed by atoms with Crippen molar-refractivity contribution in [3.05, 3.63) is 82.6 Å². The van der Waals surface area contributed by atoms with E-state index in [1.165, 1.54) is 42.5 Å². The fraction of sp³-hybridized carbons (Fsp3) is 0.174. The average molecular weight is 491 g/mol. The van der Waals surface area contributed by atoms with Gasteiger partial charge in [0.05, 0.1) is 28.8 Å². The first-order chi connectivity index (χ1) is 15.8. The molecule has 0 saturated heterocycles. The Labute approximate surface area is 195 Å². The fourth-order valence-corrected chi connectivity index (χ4v) is 4.56. The van der Waals surface area contributed by atoms with Crippen LogP contribution in [-0.2, 0) is 16.6 Å². The maximum atomic E-state index is 13.8. The number of carbonyl (C=O) groups excluding carboxylic acids is 1. The third kappa shape index (κ3) is 5.37. The van der Waals surface area contributed by atoms with Gasteiger partial charge in [-0.3, -0.25) is 9.52 Å². The summed E-state index contributed by atoms with van der Waals surface area (Å²) in [5.41, 5.74) is 0.833. The summed E-state index contributed by atoms with van der Waals surface area (Å²) < 4.78 is 52.2. The summed E-state index contributed by atoms with van der Waals surface area (Å²) in [6.07, 6.45) is 0.749. The van der Waals surface area contributed by atoms with Crippen LogP contribution in [0.2, 0.25) is 5.02 Å². The number of hydrogen-bond donors (Lipinski definition) is 2. The minimum Gasteiger partial charge on any atom is -0.489 e. The summed E-state index contributed by atoms with van der Waals surface area (Å²) in [7, 11) is -4.01. The molecule has 1 heterocycles. The molecule has 7 nitrogen and oxygen atoms in total. The molecule has 172 valence electrons. The van der Waals surface area contributed by atoms with E-state index in [1.54, 1.807) is 12.1 Å². The second-order valence-electron chi connectivity index (χ2n) is 7.25. The van der Waals surface area contributed by atoms with Crippen molar-refractivity contribution in [3.63, 3.8) is 0 Å². The molecule has 0 atom stereocenters. The van der Waals surface area contributed by atoms with Crippen molar-refractivity contribution >= 4 is 33.2 Å². The maximum Gasteiger partial charge on any atom is 0.261 e. The molecule has 0 saturated carbocycles. The van der Waals surface area contributed by atoms with E-state index in [4.69, 9.17) is 21.1 Å². The molecule has 1 amide bonds. The van der Waals surface area contributed by atoms with E-state index >= 15 is 0 Å². The lowest BCUT2D eigenvalue weighted by atomic mass is 10.1. The van der Waals surface area contributed by atoms with E-state index in [0.717, 1.165) is 18.1 Å². The normalized spacial score (nSPS) is 13.2. The van der Waals surface area contributed by atoms with E-state index < -0.39 is 21.7 Å². The van der Waals surface area contributed by atoms with Crippen LogP contribution in [0.15, 0.2) is 65.6 Å². The third-order valence-electron chi connectivity index (χ3n) is 4.86. The van der Waals surface area contributed by atoms with Gasteiger partial charge in [-0.25, -0.2) is 12.8 Å². The predicted octanol–water partition coefficient (Wildman–Crippen LogP) is 4.37.